The number of ether oxygens (including phenoxy) is 1. The van der Waals surface area contributed by atoms with E-state index in [9.17, 15) is 0 Å². The molecule has 3 nitrogen and oxygen atoms in total. The van der Waals surface area contributed by atoms with E-state index in [0.717, 1.165) is 37.2 Å². The number of fused-ring (bicyclic) bond motifs is 1. The molecule has 2 aliphatic rings. The normalized spacial score (nSPS) is 20.3. The maximum absolute atomic E-state index is 6.19. The van der Waals surface area contributed by atoms with Crippen LogP contribution >= 0.6 is 12.2 Å². The summed E-state index contributed by atoms with van der Waals surface area (Å²) in [5, 5.41) is 0.491. The second kappa shape index (κ2) is 4.28. The van der Waals surface area contributed by atoms with Gasteiger partial charge in [-0.25, -0.2) is 0 Å². The second-order valence-electron chi connectivity index (χ2n) is 4.86. The Labute approximate surface area is 112 Å². The van der Waals surface area contributed by atoms with Crippen LogP contribution in [0.25, 0.3) is 6.08 Å². The zero-order valence-electron chi connectivity index (χ0n) is 10.1. The van der Waals surface area contributed by atoms with Gasteiger partial charge in [0.2, 0.25) is 0 Å². The van der Waals surface area contributed by atoms with Crippen LogP contribution in [0.2, 0.25) is 0 Å². The van der Waals surface area contributed by atoms with Gasteiger partial charge in [-0.2, -0.15) is 0 Å². The van der Waals surface area contributed by atoms with Crippen molar-refractivity contribution >= 4 is 23.4 Å². The Morgan fingerprint density at radius 1 is 1.28 bits per heavy atom. The van der Waals surface area contributed by atoms with Gasteiger partial charge in [0.25, 0.3) is 0 Å². The highest BCUT2D eigenvalue weighted by Gasteiger charge is 2.36. The zero-order valence-corrected chi connectivity index (χ0v) is 11.0. The molecule has 4 heteroatoms. The predicted molar refractivity (Wildman–Crippen MR) is 76.4 cm³/mol. The minimum atomic E-state index is -0.171. The molecule has 2 aliphatic heterocycles. The fourth-order valence-electron chi connectivity index (χ4n) is 2.58. The van der Waals surface area contributed by atoms with Gasteiger partial charge in [0.05, 0.1) is 0 Å². The van der Waals surface area contributed by atoms with Gasteiger partial charge in [-0.3, -0.25) is 0 Å². The van der Waals surface area contributed by atoms with Gasteiger partial charge < -0.3 is 15.4 Å². The van der Waals surface area contributed by atoms with E-state index in [2.05, 4.69) is 18.2 Å². The summed E-state index contributed by atoms with van der Waals surface area (Å²) in [5.41, 5.74) is 6.64. The zero-order chi connectivity index (χ0) is 12.6. The summed E-state index contributed by atoms with van der Waals surface area (Å²) in [4.78, 5) is 2.04. The van der Waals surface area contributed by atoms with Crippen molar-refractivity contribution < 1.29 is 4.74 Å². The second-order valence-corrected chi connectivity index (χ2v) is 5.28. The first-order valence-corrected chi connectivity index (χ1v) is 6.61. The van der Waals surface area contributed by atoms with Crippen molar-refractivity contribution in [3.05, 3.63) is 35.9 Å². The van der Waals surface area contributed by atoms with Crippen LogP contribution < -0.4 is 10.5 Å². The average molecular weight is 260 g/mol. The summed E-state index contributed by atoms with van der Waals surface area (Å²) < 4.78 is 6.19. The van der Waals surface area contributed by atoms with Crippen molar-refractivity contribution in [3.63, 3.8) is 0 Å². The van der Waals surface area contributed by atoms with Gasteiger partial charge in [0, 0.05) is 31.5 Å². The molecule has 0 bridgehead atoms. The minimum absolute atomic E-state index is 0.171. The number of rotatable bonds is 0. The third-order valence-corrected chi connectivity index (χ3v) is 3.98. The van der Waals surface area contributed by atoms with E-state index in [0.29, 0.717) is 5.11 Å². The highest BCUT2D eigenvalue weighted by Crippen LogP contribution is 2.36. The minimum Gasteiger partial charge on any atom is -0.482 e. The Morgan fingerprint density at radius 3 is 2.72 bits per heavy atom. The number of hydrogen-bond donors (Lipinski definition) is 1. The van der Waals surface area contributed by atoms with Crippen molar-refractivity contribution in [2.24, 2.45) is 5.73 Å². The Kier molecular flexibility index (Phi) is 2.74. The molecule has 2 heterocycles. The van der Waals surface area contributed by atoms with Crippen molar-refractivity contribution in [1.82, 2.24) is 4.90 Å². The van der Waals surface area contributed by atoms with Crippen molar-refractivity contribution in [2.45, 2.75) is 18.4 Å². The number of benzene rings is 1. The molecule has 1 aromatic rings. The largest absolute Gasteiger partial charge is 0.482 e. The number of piperidine rings is 1. The Hall–Kier alpha value is -1.55. The van der Waals surface area contributed by atoms with E-state index in [4.69, 9.17) is 22.7 Å². The third-order valence-electron chi connectivity index (χ3n) is 3.72. The molecule has 1 fully saturated rings. The van der Waals surface area contributed by atoms with Gasteiger partial charge in [0.15, 0.2) is 5.11 Å². The number of nitrogens with zero attached hydrogens (tertiary/aromatic N) is 1. The third kappa shape index (κ3) is 1.97. The molecule has 1 spiro atoms. The monoisotopic (exact) mass is 260 g/mol. The topological polar surface area (TPSA) is 38.5 Å². The van der Waals surface area contributed by atoms with Crippen LogP contribution in [0.3, 0.4) is 0 Å². The van der Waals surface area contributed by atoms with Crippen LogP contribution in [0, 0.1) is 0 Å². The SMILES string of the molecule is NC(=S)N1CCC2(C=Cc3ccccc3O2)CC1. The van der Waals surface area contributed by atoms with Crippen LogP contribution in [0.15, 0.2) is 30.3 Å². The fraction of sp³-hybridized carbons (Fsp3) is 0.357. The van der Waals surface area contributed by atoms with Crippen LogP contribution in [0.5, 0.6) is 5.75 Å². The predicted octanol–water partition coefficient (Wildman–Crippen LogP) is 2.17. The average Bonchev–Trinajstić information content (AvgIpc) is 2.39. The maximum atomic E-state index is 6.19. The summed E-state index contributed by atoms with van der Waals surface area (Å²) >= 11 is 5.01. The summed E-state index contributed by atoms with van der Waals surface area (Å²) in [5.74, 6) is 0.976. The Balaban J connectivity index is 1.79. The van der Waals surface area contributed by atoms with Crippen molar-refractivity contribution in [2.75, 3.05) is 13.1 Å². The summed E-state index contributed by atoms with van der Waals surface area (Å²) in [7, 11) is 0. The fourth-order valence-corrected chi connectivity index (χ4v) is 2.76. The van der Waals surface area contributed by atoms with E-state index in [1.807, 2.05) is 23.1 Å². The molecule has 0 aromatic heterocycles. The van der Waals surface area contributed by atoms with E-state index in [1.165, 1.54) is 0 Å². The molecule has 1 aromatic carbocycles. The highest BCUT2D eigenvalue weighted by atomic mass is 32.1. The Bertz CT molecular complexity index is 504. The number of thiocarbonyl (C=S) groups is 1. The van der Waals surface area contributed by atoms with Gasteiger partial charge in [0.1, 0.15) is 11.4 Å². The molecule has 94 valence electrons. The maximum Gasteiger partial charge on any atom is 0.166 e. The smallest absolute Gasteiger partial charge is 0.166 e. The molecule has 0 radical (unpaired) electrons. The first-order chi connectivity index (χ1) is 8.69. The molecule has 18 heavy (non-hydrogen) atoms. The van der Waals surface area contributed by atoms with Gasteiger partial charge >= 0.3 is 0 Å². The molecule has 0 aliphatic carbocycles. The van der Waals surface area contributed by atoms with Crippen LogP contribution in [0.1, 0.15) is 18.4 Å². The Morgan fingerprint density at radius 2 is 2.00 bits per heavy atom. The quantitative estimate of drug-likeness (QED) is 0.726. The molecular formula is C14H16N2OS. The van der Waals surface area contributed by atoms with Crippen LogP contribution in [-0.4, -0.2) is 28.7 Å². The van der Waals surface area contributed by atoms with E-state index < -0.39 is 0 Å². The molecule has 0 unspecified atom stereocenters. The molecule has 0 saturated carbocycles. The molecule has 2 N–H and O–H groups in total. The summed E-state index contributed by atoms with van der Waals surface area (Å²) in [6.07, 6.45) is 6.20. The van der Waals surface area contributed by atoms with Gasteiger partial charge in [-0.15, -0.1) is 0 Å². The lowest BCUT2D eigenvalue weighted by Crippen LogP contribution is -2.50. The number of likely N-dealkylation sites (tertiary alicyclic amines) is 1. The molecule has 3 rings (SSSR count). The highest BCUT2D eigenvalue weighted by molar-refractivity contribution is 7.80. The number of para-hydroxylation sites is 1. The van der Waals surface area contributed by atoms with Gasteiger partial charge in [-0.05, 0) is 24.4 Å². The van der Waals surface area contributed by atoms with E-state index >= 15 is 0 Å². The van der Waals surface area contributed by atoms with Crippen molar-refractivity contribution in [1.29, 1.82) is 0 Å². The van der Waals surface area contributed by atoms with E-state index in [-0.39, 0.29) is 5.60 Å². The lowest BCUT2D eigenvalue weighted by atomic mass is 9.88. The van der Waals surface area contributed by atoms with Crippen LogP contribution in [0.4, 0.5) is 0 Å². The lowest BCUT2D eigenvalue weighted by Gasteiger charge is -2.42. The van der Waals surface area contributed by atoms with E-state index in [1.54, 1.807) is 0 Å². The first kappa shape index (κ1) is 11.5. The molecule has 0 atom stereocenters. The van der Waals surface area contributed by atoms with Crippen LogP contribution in [-0.2, 0) is 0 Å². The first-order valence-electron chi connectivity index (χ1n) is 6.20. The standard InChI is InChI=1S/C14H16N2OS/c15-13(18)16-9-7-14(8-10-16)6-5-11-3-1-2-4-12(11)17-14/h1-6H,7-10H2,(H2,15,18). The van der Waals surface area contributed by atoms with Crippen molar-refractivity contribution in [3.8, 4) is 5.75 Å². The number of nitrogens with two attached hydrogens (primary N) is 1. The summed E-state index contributed by atoms with van der Waals surface area (Å²) in [6, 6.07) is 8.14. The molecule has 1 saturated heterocycles. The summed E-state index contributed by atoms with van der Waals surface area (Å²) in [6.45, 7) is 1.73. The molecule has 0 amide bonds. The lowest BCUT2D eigenvalue weighted by molar-refractivity contribution is 0.0591. The number of hydrogen-bond acceptors (Lipinski definition) is 2. The molecular weight excluding hydrogens is 244 g/mol. The van der Waals surface area contributed by atoms with Gasteiger partial charge in [-0.1, -0.05) is 24.3 Å².